The summed E-state index contributed by atoms with van der Waals surface area (Å²) in [6, 6.07) is 0. The topological polar surface area (TPSA) is 253 Å². The summed E-state index contributed by atoms with van der Waals surface area (Å²) in [4.78, 5) is 28.0. The zero-order valence-electron chi connectivity index (χ0n) is 5.32. The summed E-state index contributed by atoms with van der Waals surface area (Å²) in [6.45, 7) is 0. The van der Waals surface area contributed by atoms with Gasteiger partial charge in [-0.3, -0.25) is 31.5 Å². The zero-order chi connectivity index (χ0) is 10.0. The molecule has 0 aliphatic carbocycles. The smallest absolute Gasteiger partial charge is 0 e. The molecule has 0 saturated carbocycles. The van der Waals surface area contributed by atoms with Crippen LogP contribution in [0.3, 0.4) is 0 Å². The van der Waals surface area contributed by atoms with Crippen molar-refractivity contribution in [1.29, 1.82) is 0 Å². The first-order valence-electron chi connectivity index (χ1n) is 0.933. The molecule has 0 fully saturated rings. The molecule has 0 atom stereocenters. The van der Waals surface area contributed by atoms with Crippen LogP contribution < -0.4 is 0 Å². The van der Waals surface area contributed by atoms with E-state index in [1.54, 1.807) is 0 Å². The van der Waals surface area contributed by atoms with Gasteiger partial charge in [-0.1, -0.05) is 0 Å². The first kappa shape index (κ1) is 70.5. The summed E-state index contributed by atoms with van der Waals surface area (Å²) in [7, 11) is 0. The quantitative estimate of drug-likeness (QED) is 0.196. The molecular weight excluding hydrogens is 192 g/mol. The van der Waals surface area contributed by atoms with E-state index in [4.69, 9.17) is 51.4 Å². The van der Waals surface area contributed by atoms with E-state index in [0.717, 1.165) is 0 Å². The Kier molecular flexibility index (Phi) is 3650. The Morgan fingerprint density at radius 1 is 0.417 bits per heavy atom. The van der Waals surface area contributed by atoms with Crippen LogP contribution in [0.2, 0.25) is 0 Å². The van der Waals surface area contributed by atoms with E-state index in [1.165, 1.54) is 0 Å². The lowest BCUT2D eigenvalue weighted by Crippen LogP contribution is -1.29. The number of hydrogen-bond acceptors (Lipinski definition) is 10. The van der Waals surface area contributed by atoms with Gasteiger partial charge in [-0.25, -0.2) is 0 Å². The van der Waals surface area contributed by atoms with Crippen molar-refractivity contribution in [2.24, 2.45) is 0 Å². The van der Waals surface area contributed by atoms with Crippen LogP contribution in [0.15, 0.2) is 0 Å². The van der Waals surface area contributed by atoms with Crippen molar-refractivity contribution in [3.05, 3.63) is 19.9 Å². The number of hydrogen-bond donors (Lipinski definition) is 6. The minimum Gasteiger partial charge on any atom is -0.412 e. The van der Waals surface area contributed by atoms with Gasteiger partial charge in [0.15, 0.2) is 0 Å². The van der Waals surface area contributed by atoms with Crippen LogP contribution in [0, 0.1) is 19.9 Å². The standard InChI is InChI=1S/3H2O2.2O2.2H2O/c5*1-2;;/h3*1-2H;;;2*1H2. The van der Waals surface area contributed by atoms with Gasteiger partial charge in [0.2, 0.25) is 0 Å². The van der Waals surface area contributed by atoms with Gasteiger partial charge < -0.3 is 11.0 Å². The van der Waals surface area contributed by atoms with E-state index in [-0.39, 0.29) is 11.0 Å². The lowest BCUT2D eigenvalue weighted by molar-refractivity contribution is -0.176. The van der Waals surface area contributed by atoms with Gasteiger partial charge in [0.25, 0.3) is 0 Å². The Morgan fingerprint density at radius 2 is 0.417 bits per heavy atom. The highest BCUT2D eigenvalue weighted by Crippen LogP contribution is 0.743. The Bertz CT molecular complexity index is 2.00. The molecule has 12 heteroatoms. The normalized spacial score (nSPS) is 2.17. The molecule has 0 aromatic heterocycles. The molecule has 0 aliphatic heterocycles. The lowest BCUT2D eigenvalue weighted by Gasteiger charge is -1.25. The molecule has 12 nitrogen and oxygen atoms in total. The van der Waals surface area contributed by atoms with E-state index in [2.05, 4.69) is 0 Å². The zero-order valence-corrected chi connectivity index (χ0v) is 5.32. The molecule has 0 radical (unpaired) electrons. The largest absolute Gasteiger partial charge is 0.412 e. The van der Waals surface area contributed by atoms with E-state index < -0.39 is 0 Å². The van der Waals surface area contributed by atoms with E-state index in [9.17, 15) is 0 Å². The van der Waals surface area contributed by atoms with Gasteiger partial charge in [0.05, 0.1) is 0 Å². The van der Waals surface area contributed by atoms with Crippen LogP contribution in [-0.4, -0.2) is 42.5 Å². The summed E-state index contributed by atoms with van der Waals surface area (Å²) in [5.41, 5.74) is 0. The van der Waals surface area contributed by atoms with E-state index >= 15 is 0 Å². The van der Waals surface area contributed by atoms with Crippen molar-refractivity contribution in [3.8, 4) is 0 Å². The molecule has 0 amide bonds. The maximum Gasteiger partial charge on any atom is 0 e. The van der Waals surface area contributed by atoms with Crippen molar-refractivity contribution < 1.29 is 42.5 Å². The Labute approximate surface area is 63.8 Å². The molecule has 0 aromatic rings. The molecule has 0 heterocycles. The summed E-state index contributed by atoms with van der Waals surface area (Å²) in [5.74, 6) is 0. The molecule has 0 saturated heterocycles. The highest BCUT2D eigenvalue weighted by Gasteiger charge is 0.750. The Morgan fingerprint density at radius 3 is 0.417 bits per heavy atom. The molecule has 10 N–H and O–H groups in total. The SMILES string of the molecule is O.O.O=O.O=O.OO.OO.OO. The van der Waals surface area contributed by atoms with Crippen molar-refractivity contribution in [2.45, 2.75) is 0 Å². The van der Waals surface area contributed by atoms with Crippen molar-refractivity contribution in [2.75, 3.05) is 0 Å². The van der Waals surface area contributed by atoms with Crippen molar-refractivity contribution in [3.63, 3.8) is 0 Å². The first-order chi connectivity index (χ1) is 5.00. The molecule has 0 rings (SSSR count). The van der Waals surface area contributed by atoms with Crippen LogP contribution in [0.25, 0.3) is 0 Å². The Hall–Kier alpha value is -1.12. The molecule has 0 aliphatic rings. The third-order valence-corrected chi connectivity index (χ3v) is 0. The molecule has 12 heavy (non-hydrogen) atoms. The van der Waals surface area contributed by atoms with Crippen LogP contribution in [0.5, 0.6) is 0 Å². The van der Waals surface area contributed by atoms with Gasteiger partial charge in [0.1, 0.15) is 0 Å². The van der Waals surface area contributed by atoms with Gasteiger partial charge in [-0.05, 0) is 0 Å². The second kappa shape index (κ2) is 621. The van der Waals surface area contributed by atoms with Crippen LogP contribution in [0.1, 0.15) is 0 Å². The average Bonchev–Trinajstić information content (AvgIpc) is 2.20. The highest BCUT2D eigenvalue weighted by molar-refractivity contribution is 4.08. The van der Waals surface area contributed by atoms with Gasteiger partial charge in [0, 0.05) is 19.9 Å². The average molecular weight is 202 g/mol. The number of rotatable bonds is 0. The predicted octanol–water partition coefficient (Wildman–Crippen LogP) is -1.46. The fourth-order valence-corrected chi connectivity index (χ4v) is 0. The first-order valence-corrected chi connectivity index (χ1v) is 0.933. The minimum atomic E-state index is 0. The van der Waals surface area contributed by atoms with E-state index in [1.807, 2.05) is 0 Å². The Balaban J connectivity index is -0.00000000500. The molecule has 0 unspecified atom stereocenters. The van der Waals surface area contributed by atoms with Gasteiger partial charge in [-0.15, -0.1) is 0 Å². The summed E-state index contributed by atoms with van der Waals surface area (Å²) < 4.78 is 0. The predicted molar refractivity (Wildman–Crippen MR) is 36.5 cm³/mol. The fraction of sp³-hybridized carbons (Fsp3) is 0. The van der Waals surface area contributed by atoms with Crippen LogP contribution in [-0.2, 0) is 0 Å². The third-order valence-electron chi connectivity index (χ3n) is 0. The van der Waals surface area contributed by atoms with Crippen molar-refractivity contribution in [1.82, 2.24) is 0 Å². The molecular formula is H10O12. The summed E-state index contributed by atoms with van der Waals surface area (Å²) in [6.07, 6.45) is 0. The molecule has 82 valence electrons. The maximum absolute atomic E-state index is 7.00. The highest BCUT2D eigenvalue weighted by atomic mass is 17.0. The maximum atomic E-state index is 7.00. The minimum absolute atomic E-state index is 0. The lowest BCUT2D eigenvalue weighted by atomic mass is 15.0. The monoisotopic (exact) mass is 202 g/mol. The summed E-state index contributed by atoms with van der Waals surface area (Å²) in [5, 5.41) is 36.0. The van der Waals surface area contributed by atoms with Crippen molar-refractivity contribution >= 4 is 0 Å². The molecule has 0 spiro atoms. The van der Waals surface area contributed by atoms with Crippen LogP contribution >= 0.6 is 0 Å². The second-order valence-electron chi connectivity index (χ2n) is 0. The van der Waals surface area contributed by atoms with E-state index in [0.29, 0.717) is 0 Å². The fourth-order valence-electron chi connectivity index (χ4n) is 0. The van der Waals surface area contributed by atoms with Gasteiger partial charge >= 0.3 is 0 Å². The van der Waals surface area contributed by atoms with Gasteiger partial charge in [-0.2, -0.15) is 0 Å². The third kappa shape index (κ3) is 440. The second-order valence-corrected chi connectivity index (χ2v) is 0. The molecule has 0 aromatic carbocycles. The molecule has 0 bridgehead atoms. The summed E-state index contributed by atoms with van der Waals surface area (Å²) >= 11 is 0. The van der Waals surface area contributed by atoms with Crippen LogP contribution in [0.4, 0.5) is 0 Å².